The van der Waals surface area contributed by atoms with Crippen molar-refractivity contribution in [2.75, 3.05) is 39.0 Å². The number of nitrogens with one attached hydrogen (secondary N) is 1. The maximum atomic E-state index is 13.1. The van der Waals surface area contributed by atoms with Crippen molar-refractivity contribution >= 4 is 17.5 Å². The first kappa shape index (κ1) is 17.3. The molecule has 0 aliphatic carbocycles. The topological polar surface area (TPSA) is 52.6 Å². The summed E-state index contributed by atoms with van der Waals surface area (Å²) in [6.45, 7) is 1.85. The van der Waals surface area contributed by atoms with Gasteiger partial charge in [0.25, 0.3) is 0 Å². The van der Waals surface area contributed by atoms with Gasteiger partial charge >= 0.3 is 0 Å². The first-order chi connectivity index (χ1) is 10.9. The molecule has 7 heteroatoms. The van der Waals surface area contributed by atoms with E-state index >= 15 is 0 Å². The molecule has 1 N–H and O–H groups in total. The van der Waals surface area contributed by atoms with Crippen molar-refractivity contribution in [3.05, 3.63) is 29.8 Å². The van der Waals surface area contributed by atoms with Crippen molar-refractivity contribution in [3.8, 4) is 0 Å². The highest BCUT2D eigenvalue weighted by Crippen LogP contribution is 2.21. The Morgan fingerprint density at radius 2 is 2.09 bits per heavy atom. The lowest BCUT2D eigenvalue weighted by atomic mass is 10.1. The Morgan fingerprint density at radius 1 is 1.35 bits per heavy atom. The van der Waals surface area contributed by atoms with Gasteiger partial charge in [0.1, 0.15) is 0 Å². The molecule has 1 unspecified atom stereocenters. The zero-order valence-corrected chi connectivity index (χ0v) is 13.3. The van der Waals surface area contributed by atoms with Crippen LogP contribution in [-0.2, 0) is 9.59 Å². The minimum absolute atomic E-state index is 0.0470. The molecule has 1 aliphatic rings. The molecule has 0 bridgehead atoms. The monoisotopic (exact) mass is 325 g/mol. The lowest BCUT2D eigenvalue weighted by Gasteiger charge is -2.18. The number of carbonyl (C=O) groups excluding carboxylic acids is 2. The van der Waals surface area contributed by atoms with Crippen LogP contribution in [0.4, 0.5) is 14.5 Å². The Hall–Kier alpha value is -2.02. The molecule has 1 aromatic carbocycles. The number of benzene rings is 1. The molecule has 1 heterocycles. The van der Waals surface area contributed by atoms with Gasteiger partial charge in [0, 0.05) is 31.3 Å². The zero-order valence-electron chi connectivity index (χ0n) is 13.3. The van der Waals surface area contributed by atoms with Crippen molar-refractivity contribution in [1.29, 1.82) is 0 Å². The van der Waals surface area contributed by atoms with Gasteiger partial charge < -0.3 is 15.1 Å². The van der Waals surface area contributed by atoms with E-state index in [2.05, 4.69) is 5.32 Å². The van der Waals surface area contributed by atoms with Crippen molar-refractivity contribution < 1.29 is 18.4 Å². The van der Waals surface area contributed by atoms with E-state index in [0.717, 1.165) is 25.1 Å². The molecule has 0 saturated carbocycles. The molecular formula is C16H21F2N3O2. The van der Waals surface area contributed by atoms with Gasteiger partial charge in [-0.3, -0.25) is 9.59 Å². The van der Waals surface area contributed by atoms with Crippen LogP contribution in [0.25, 0.3) is 0 Å². The van der Waals surface area contributed by atoms with Crippen LogP contribution in [-0.4, -0.2) is 55.3 Å². The molecule has 2 rings (SSSR count). The van der Waals surface area contributed by atoms with Crippen molar-refractivity contribution in [2.45, 2.75) is 12.8 Å². The van der Waals surface area contributed by atoms with Crippen LogP contribution in [0.5, 0.6) is 0 Å². The van der Waals surface area contributed by atoms with Gasteiger partial charge in [-0.2, -0.15) is 0 Å². The van der Waals surface area contributed by atoms with Crippen molar-refractivity contribution in [2.24, 2.45) is 5.92 Å². The minimum Gasteiger partial charge on any atom is -0.342 e. The Labute approximate surface area is 134 Å². The van der Waals surface area contributed by atoms with E-state index in [-0.39, 0.29) is 23.9 Å². The number of rotatable bonds is 6. The Balaban J connectivity index is 1.88. The Morgan fingerprint density at radius 3 is 2.74 bits per heavy atom. The summed E-state index contributed by atoms with van der Waals surface area (Å²) in [4.78, 5) is 27.8. The van der Waals surface area contributed by atoms with E-state index in [1.807, 2.05) is 19.0 Å². The maximum absolute atomic E-state index is 13.1. The molecule has 0 spiro atoms. The predicted molar refractivity (Wildman–Crippen MR) is 82.8 cm³/mol. The van der Waals surface area contributed by atoms with Gasteiger partial charge in [0.2, 0.25) is 11.8 Å². The van der Waals surface area contributed by atoms with Gasteiger partial charge in [0.05, 0.1) is 5.92 Å². The number of carbonyl (C=O) groups is 2. The lowest BCUT2D eigenvalue weighted by molar-refractivity contribution is -0.128. The summed E-state index contributed by atoms with van der Waals surface area (Å²) in [7, 11) is 3.92. The summed E-state index contributed by atoms with van der Waals surface area (Å²) in [5.41, 5.74) is 0.187. The smallest absolute Gasteiger partial charge is 0.229 e. The van der Waals surface area contributed by atoms with Gasteiger partial charge in [-0.15, -0.1) is 0 Å². The normalized spacial score (nSPS) is 17.9. The number of hydrogen-bond donors (Lipinski definition) is 1. The summed E-state index contributed by atoms with van der Waals surface area (Å²) in [5.74, 6) is -2.84. The van der Waals surface area contributed by atoms with Crippen LogP contribution in [0.3, 0.4) is 0 Å². The standard InChI is InChI=1S/C16H21F2N3O2/c1-20(2)6-3-7-21-10-11(8-15(21)22)16(23)19-12-4-5-13(17)14(18)9-12/h4-5,9,11H,3,6-8,10H2,1-2H3,(H,19,23). The quantitative estimate of drug-likeness (QED) is 0.866. The zero-order chi connectivity index (χ0) is 17.0. The van der Waals surface area contributed by atoms with Crippen molar-refractivity contribution in [1.82, 2.24) is 9.80 Å². The summed E-state index contributed by atoms with van der Waals surface area (Å²) in [5, 5.41) is 2.53. The van der Waals surface area contributed by atoms with Crippen molar-refractivity contribution in [3.63, 3.8) is 0 Å². The van der Waals surface area contributed by atoms with Crippen LogP contribution < -0.4 is 5.32 Å². The Kier molecular flexibility index (Phi) is 5.65. The fraction of sp³-hybridized carbons (Fsp3) is 0.500. The maximum Gasteiger partial charge on any atom is 0.229 e. The van der Waals surface area contributed by atoms with E-state index < -0.39 is 17.6 Å². The molecule has 1 atom stereocenters. The molecule has 0 radical (unpaired) electrons. The minimum atomic E-state index is -1.02. The van der Waals surface area contributed by atoms with E-state index in [4.69, 9.17) is 0 Å². The largest absolute Gasteiger partial charge is 0.342 e. The van der Waals surface area contributed by atoms with Crippen LogP contribution in [0, 0.1) is 17.6 Å². The highest BCUT2D eigenvalue weighted by atomic mass is 19.2. The third kappa shape index (κ3) is 4.72. The second kappa shape index (κ2) is 7.50. The first-order valence-electron chi connectivity index (χ1n) is 7.55. The molecule has 1 aliphatic heterocycles. The highest BCUT2D eigenvalue weighted by Gasteiger charge is 2.33. The Bertz CT molecular complexity index is 593. The summed E-state index contributed by atoms with van der Waals surface area (Å²) in [6.07, 6.45) is 0.994. The molecule has 5 nitrogen and oxygen atoms in total. The molecule has 2 amide bonds. The van der Waals surface area contributed by atoms with E-state index in [1.165, 1.54) is 6.07 Å². The fourth-order valence-corrected chi connectivity index (χ4v) is 2.56. The molecular weight excluding hydrogens is 304 g/mol. The second-order valence-corrected chi connectivity index (χ2v) is 6.02. The third-order valence-corrected chi connectivity index (χ3v) is 3.81. The SMILES string of the molecule is CN(C)CCCN1CC(C(=O)Nc2ccc(F)c(F)c2)CC1=O. The predicted octanol–water partition coefficient (Wildman–Crippen LogP) is 1.70. The highest BCUT2D eigenvalue weighted by molar-refractivity contribution is 5.97. The van der Waals surface area contributed by atoms with Crippen LogP contribution >= 0.6 is 0 Å². The number of hydrogen-bond acceptors (Lipinski definition) is 3. The average molecular weight is 325 g/mol. The second-order valence-electron chi connectivity index (χ2n) is 6.02. The van der Waals surface area contributed by atoms with Gasteiger partial charge in [-0.1, -0.05) is 0 Å². The molecule has 126 valence electrons. The fourth-order valence-electron chi connectivity index (χ4n) is 2.56. The number of halogens is 2. The van der Waals surface area contributed by atoms with Crippen LogP contribution in [0.2, 0.25) is 0 Å². The molecule has 0 aromatic heterocycles. The lowest BCUT2D eigenvalue weighted by Crippen LogP contribution is -2.30. The van der Waals surface area contributed by atoms with E-state index in [1.54, 1.807) is 4.90 Å². The number of amides is 2. The number of anilines is 1. The molecule has 1 saturated heterocycles. The van der Waals surface area contributed by atoms with Gasteiger partial charge in [-0.05, 0) is 39.2 Å². The summed E-state index contributed by atoms with van der Waals surface area (Å²) < 4.78 is 26.0. The van der Waals surface area contributed by atoms with E-state index in [9.17, 15) is 18.4 Å². The first-order valence-corrected chi connectivity index (χ1v) is 7.55. The van der Waals surface area contributed by atoms with Crippen LogP contribution in [0.1, 0.15) is 12.8 Å². The summed E-state index contributed by atoms with van der Waals surface area (Å²) in [6, 6.07) is 3.18. The van der Waals surface area contributed by atoms with Gasteiger partial charge in [0.15, 0.2) is 11.6 Å². The van der Waals surface area contributed by atoms with Gasteiger partial charge in [-0.25, -0.2) is 8.78 Å². The molecule has 1 fully saturated rings. The molecule has 1 aromatic rings. The molecule has 23 heavy (non-hydrogen) atoms. The van der Waals surface area contributed by atoms with E-state index in [0.29, 0.717) is 13.1 Å². The summed E-state index contributed by atoms with van der Waals surface area (Å²) >= 11 is 0. The third-order valence-electron chi connectivity index (χ3n) is 3.81. The van der Waals surface area contributed by atoms with Crippen LogP contribution in [0.15, 0.2) is 18.2 Å². The number of nitrogens with zero attached hydrogens (tertiary/aromatic N) is 2. The number of likely N-dealkylation sites (tertiary alicyclic amines) is 1. The average Bonchev–Trinajstić information content (AvgIpc) is 2.84.